The van der Waals surface area contributed by atoms with Gasteiger partial charge in [-0.1, -0.05) is 48.0 Å². The highest BCUT2D eigenvalue weighted by molar-refractivity contribution is 7.92. The smallest absolute Gasteiger partial charge is 0.321 e. The zero-order valence-electron chi connectivity index (χ0n) is 25.4. The van der Waals surface area contributed by atoms with Crippen molar-refractivity contribution >= 4 is 15.8 Å². The van der Waals surface area contributed by atoms with E-state index in [0.29, 0.717) is 48.3 Å². The molecular weight excluding hydrogens is 512 g/mol. The Hall–Kier alpha value is -0.660. The molecule has 2 N–H and O–H groups in total. The molecule has 0 heterocycles. The summed E-state index contributed by atoms with van der Waals surface area (Å²) in [6.07, 6.45) is 9.66. The lowest BCUT2D eigenvalue weighted by Crippen LogP contribution is -2.62. The summed E-state index contributed by atoms with van der Waals surface area (Å²) in [5.74, 6) is 1.78. The van der Waals surface area contributed by atoms with Crippen molar-refractivity contribution < 1.29 is 28.2 Å². The molecule has 4 rings (SSSR count). The minimum Gasteiger partial charge on any atom is -0.465 e. The van der Waals surface area contributed by atoms with E-state index in [2.05, 4.69) is 27.7 Å². The van der Waals surface area contributed by atoms with Gasteiger partial charge in [0, 0.05) is 0 Å². The molecule has 0 aromatic rings. The van der Waals surface area contributed by atoms with Crippen LogP contribution >= 0.6 is 0 Å². The van der Waals surface area contributed by atoms with Crippen LogP contribution in [0.3, 0.4) is 0 Å². The van der Waals surface area contributed by atoms with E-state index in [9.17, 15) is 23.4 Å². The standard InChI is InChI=1S/C32H56O6S/c1-7-22(8-2)39(36,37)19-28(34)38-17-14-20(4)24-10-11-25-29-26(13-16-31(24,25)5)32(6)15-12-21(33)18-27(32)23(9-3)30(29)35/h20-27,29-30,33,35H,7-19H2,1-6H3/t20-,21-,23-,24-,25+,26+,27+,29+,30-,31-,32-/m1/s1. The molecule has 0 bridgehead atoms. The number of aliphatic hydroxyl groups is 2. The molecule has 4 fully saturated rings. The fourth-order valence-corrected chi connectivity index (χ4v) is 12.3. The van der Waals surface area contributed by atoms with Gasteiger partial charge < -0.3 is 14.9 Å². The van der Waals surface area contributed by atoms with Crippen LogP contribution in [0.25, 0.3) is 0 Å². The topological polar surface area (TPSA) is 101 Å². The Kier molecular flexibility index (Phi) is 9.55. The van der Waals surface area contributed by atoms with Gasteiger partial charge in [-0.3, -0.25) is 4.79 Å². The molecule has 11 atom stereocenters. The van der Waals surface area contributed by atoms with Crippen LogP contribution in [0.5, 0.6) is 0 Å². The predicted molar refractivity (Wildman–Crippen MR) is 155 cm³/mol. The third kappa shape index (κ3) is 5.59. The normalized spacial score (nSPS) is 42.9. The molecule has 4 saturated carbocycles. The summed E-state index contributed by atoms with van der Waals surface area (Å²) < 4.78 is 30.4. The molecule has 0 aromatic carbocycles. The molecule has 0 spiro atoms. The monoisotopic (exact) mass is 568 g/mol. The highest BCUT2D eigenvalue weighted by Crippen LogP contribution is 2.69. The first kappa shape index (κ1) is 31.3. The fraction of sp³-hybridized carbons (Fsp3) is 0.969. The quantitative estimate of drug-likeness (QED) is 0.324. The summed E-state index contributed by atoms with van der Waals surface area (Å²) in [5.41, 5.74) is 0.373. The highest BCUT2D eigenvalue weighted by atomic mass is 32.2. The Morgan fingerprint density at radius 3 is 2.23 bits per heavy atom. The maximum Gasteiger partial charge on any atom is 0.321 e. The number of sulfone groups is 1. The van der Waals surface area contributed by atoms with Crippen LogP contribution in [0.1, 0.15) is 112 Å². The first-order valence-corrected chi connectivity index (χ1v) is 17.8. The summed E-state index contributed by atoms with van der Waals surface area (Å²) in [4.78, 5) is 12.4. The van der Waals surface area contributed by atoms with E-state index in [0.717, 1.165) is 51.4 Å². The molecular formula is C32H56O6S. The molecule has 4 aliphatic carbocycles. The maximum atomic E-state index is 12.5. The number of esters is 1. The van der Waals surface area contributed by atoms with Gasteiger partial charge in [-0.15, -0.1) is 0 Å². The molecule has 0 amide bonds. The third-order valence-corrected chi connectivity index (χ3v) is 15.0. The van der Waals surface area contributed by atoms with Crippen molar-refractivity contribution in [2.45, 2.75) is 130 Å². The van der Waals surface area contributed by atoms with Crippen LogP contribution in [-0.4, -0.2) is 54.4 Å². The number of carbonyl (C=O) groups is 1. The van der Waals surface area contributed by atoms with Gasteiger partial charge >= 0.3 is 5.97 Å². The zero-order valence-corrected chi connectivity index (χ0v) is 26.2. The summed E-state index contributed by atoms with van der Waals surface area (Å²) in [6, 6.07) is 0. The van der Waals surface area contributed by atoms with Gasteiger partial charge in [0.25, 0.3) is 0 Å². The fourth-order valence-electron chi connectivity index (χ4n) is 10.6. The van der Waals surface area contributed by atoms with Gasteiger partial charge in [0.15, 0.2) is 9.84 Å². The maximum absolute atomic E-state index is 12.5. The second-order valence-electron chi connectivity index (χ2n) is 14.4. The van der Waals surface area contributed by atoms with Crippen LogP contribution in [0.2, 0.25) is 0 Å². The Bertz CT molecular complexity index is 962. The lowest BCUT2D eigenvalue weighted by molar-refractivity contribution is -0.203. The van der Waals surface area contributed by atoms with Crippen molar-refractivity contribution in [1.82, 2.24) is 0 Å². The lowest BCUT2D eigenvalue weighted by atomic mass is 9.41. The zero-order chi connectivity index (χ0) is 28.8. The van der Waals surface area contributed by atoms with E-state index in [4.69, 9.17) is 4.74 Å². The van der Waals surface area contributed by atoms with Crippen LogP contribution in [0, 0.1) is 52.3 Å². The van der Waals surface area contributed by atoms with Gasteiger partial charge in [-0.2, -0.15) is 0 Å². The van der Waals surface area contributed by atoms with E-state index >= 15 is 0 Å². The number of aliphatic hydroxyl groups excluding tert-OH is 2. The second kappa shape index (κ2) is 11.9. The SMILES string of the molecule is CCC(CC)S(=O)(=O)CC(=O)OCC[C@@H](C)[C@H]1CC[C@H]2[C@@H]3[C@H](O)[C@H](CC)[C@@H]4C[C@H](O)CC[C@]4(C)[C@H]3CC[C@]12C. The Balaban J connectivity index is 1.41. The second-order valence-corrected chi connectivity index (χ2v) is 16.6. The minimum atomic E-state index is -3.47. The molecule has 39 heavy (non-hydrogen) atoms. The molecule has 0 aromatic heterocycles. The number of fused-ring (bicyclic) bond motifs is 5. The van der Waals surface area contributed by atoms with E-state index in [1.165, 1.54) is 6.42 Å². The molecule has 0 radical (unpaired) electrons. The summed E-state index contributed by atoms with van der Waals surface area (Å²) in [5, 5.41) is 21.9. The van der Waals surface area contributed by atoms with E-state index in [-0.39, 0.29) is 35.6 Å². The van der Waals surface area contributed by atoms with Crippen molar-refractivity contribution in [2.24, 2.45) is 52.3 Å². The van der Waals surface area contributed by atoms with Crippen molar-refractivity contribution in [1.29, 1.82) is 0 Å². The first-order valence-electron chi connectivity index (χ1n) is 16.1. The van der Waals surface area contributed by atoms with Gasteiger partial charge in [-0.05, 0) is 116 Å². The molecule has 4 aliphatic rings. The van der Waals surface area contributed by atoms with E-state index in [1.807, 2.05) is 13.8 Å². The van der Waals surface area contributed by atoms with E-state index in [1.54, 1.807) is 0 Å². The largest absolute Gasteiger partial charge is 0.465 e. The Labute approximate surface area is 238 Å². The first-order chi connectivity index (χ1) is 18.3. The van der Waals surface area contributed by atoms with Crippen molar-refractivity contribution in [2.75, 3.05) is 12.4 Å². The van der Waals surface area contributed by atoms with Crippen molar-refractivity contribution in [3.63, 3.8) is 0 Å². The average Bonchev–Trinajstić information content (AvgIpc) is 3.22. The summed E-state index contributed by atoms with van der Waals surface area (Å²) in [7, 11) is -3.47. The van der Waals surface area contributed by atoms with Gasteiger partial charge in [0.1, 0.15) is 5.75 Å². The molecule has 226 valence electrons. The predicted octanol–water partition coefficient (Wildman–Crippen LogP) is 5.79. The Morgan fingerprint density at radius 1 is 0.949 bits per heavy atom. The van der Waals surface area contributed by atoms with Crippen LogP contribution in [0.4, 0.5) is 0 Å². The number of carbonyl (C=O) groups excluding carboxylic acids is 1. The molecule has 6 nitrogen and oxygen atoms in total. The number of hydrogen-bond donors (Lipinski definition) is 2. The van der Waals surface area contributed by atoms with Gasteiger partial charge in [0.2, 0.25) is 0 Å². The minimum absolute atomic E-state index is 0.167. The van der Waals surface area contributed by atoms with Crippen molar-refractivity contribution in [3.8, 4) is 0 Å². The molecule has 0 unspecified atom stereocenters. The number of ether oxygens (including phenoxy) is 1. The number of rotatable bonds is 10. The lowest BCUT2D eigenvalue weighted by Gasteiger charge is -2.64. The highest BCUT2D eigenvalue weighted by Gasteiger charge is 2.64. The van der Waals surface area contributed by atoms with E-state index < -0.39 is 26.8 Å². The Morgan fingerprint density at radius 2 is 1.59 bits per heavy atom. The van der Waals surface area contributed by atoms with Gasteiger partial charge in [0.05, 0.1) is 24.1 Å². The van der Waals surface area contributed by atoms with Gasteiger partial charge in [-0.25, -0.2) is 8.42 Å². The molecule has 0 aliphatic heterocycles. The summed E-state index contributed by atoms with van der Waals surface area (Å²) in [6.45, 7) is 13.4. The third-order valence-electron chi connectivity index (χ3n) is 12.7. The van der Waals surface area contributed by atoms with Crippen LogP contribution in [-0.2, 0) is 19.4 Å². The average molecular weight is 569 g/mol. The van der Waals surface area contributed by atoms with Crippen molar-refractivity contribution in [3.05, 3.63) is 0 Å². The van der Waals surface area contributed by atoms with Crippen LogP contribution < -0.4 is 0 Å². The summed E-state index contributed by atoms with van der Waals surface area (Å²) >= 11 is 0. The molecule has 7 heteroatoms. The molecule has 0 saturated heterocycles. The van der Waals surface area contributed by atoms with Crippen LogP contribution in [0.15, 0.2) is 0 Å². The number of hydrogen-bond acceptors (Lipinski definition) is 6.